The molecule has 0 atom stereocenters. The van der Waals surface area contributed by atoms with Crippen molar-refractivity contribution in [1.29, 1.82) is 0 Å². The average Bonchev–Trinajstić information content (AvgIpc) is 2.97. The summed E-state index contributed by atoms with van der Waals surface area (Å²) in [6.07, 6.45) is 1.43. The van der Waals surface area contributed by atoms with Crippen molar-refractivity contribution in [3.05, 3.63) is 65.2 Å². The molecule has 0 unspecified atom stereocenters. The van der Waals surface area contributed by atoms with E-state index in [-0.39, 0.29) is 24.5 Å². The smallest absolute Gasteiger partial charge is 0.227 e. The summed E-state index contributed by atoms with van der Waals surface area (Å²) in [6, 6.07) is 15.5. The number of benzene rings is 2. The van der Waals surface area contributed by atoms with E-state index in [1.165, 1.54) is 5.56 Å². The number of amides is 1. The molecule has 0 bridgehead atoms. The molecule has 3 heteroatoms. The topological polar surface area (TPSA) is 37.4 Å². The number of para-hydroxylation sites is 1. The number of ketones is 1. The molecule has 0 radical (unpaired) electrons. The van der Waals surface area contributed by atoms with Crippen LogP contribution in [-0.4, -0.2) is 18.2 Å². The third-order valence-corrected chi connectivity index (χ3v) is 4.13. The van der Waals surface area contributed by atoms with Gasteiger partial charge in [-0.15, -0.1) is 0 Å². The predicted molar refractivity (Wildman–Crippen MR) is 87.2 cm³/mol. The van der Waals surface area contributed by atoms with Crippen LogP contribution < -0.4 is 4.90 Å². The number of carbonyl (C=O) groups is 2. The largest absolute Gasteiger partial charge is 0.312 e. The Morgan fingerprint density at radius 2 is 1.73 bits per heavy atom. The van der Waals surface area contributed by atoms with E-state index in [0.29, 0.717) is 5.56 Å². The van der Waals surface area contributed by atoms with Crippen molar-refractivity contribution in [1.82, 2.24) is 0 Å². The van der Waals surface area contributed by atoms with Crippen LogP contribution in [0.2, 0.25) is 0 Å². The van der Waals surface area contributed by atoms with Gasteiger partial charge in [-0.05, 0) is 25.0 Å². The van der Waals surface area contributed by atoms with Gasteiger partial charge < -0.3 is 4.90 Å². The molecule has 2 aromatic carbocycles. The monoisotopic (exact) mass is 293 g/mol. The highest BCUT2D eigenvalue weighted by Crippen LogP contribution is 2.28. The van der Waals surface area contributed by atoms with E-state index in [1.54, 1.807) is 4.90 Å². The van der Waals surface area contributed by atoms with Gasteiger partial charge in [0.25, 0.3) is 0 Å². The molecular weight excluding hydrogens is 274 g/mol. The quantitative estimate of drug-likeness (QED) is 0.808. The molecule has 1 amide bonds. The van der Waals surface area contributed by atoms with E-state index < -0.39 is 0 Å². The first-order chi connectivity index (χ1) is 10.6. The molecule has 0 spiro atoms. The van der Waals surface area contributed by atoms with Gasteiger partial charge in [0.05, 0.1) is 0 Å². The maximum absolute atomic E-state index is 12.4. The molecule has 3 rings (SSSR count). The van der Waals surface area contributed by atoms with E-state index in [0.717, 1.165) is 24.2 Å². The first-order valence-corrected chi connectivity index (χ1v) is 7.63. The molecule has 0 saturated carbocycles. The maximum Gasteiger partial charge on any atom is 0.227 e. The molecule has 1 aliphatic rings. The number of rotatable bonds is 4. The zero-order valence-corrected chi connectivity index (χ0v) is 12.7. The Morgan fingerprint density at radius 1 is 1.00 bits per heavy atom. The summed E-state index contributed by atoms with van der Waals surface area (Å²) < 4.78 is 0. The Bertz CT molecular complexity index is 704. The summed E-state index contributed by atoms with van der Waals surface area (Å²) in [7, 11) is 0. The fourth-order valence-corrected chi connectivity index (χ4v) is 2.84. The second kappa shape index (κ2) is 6.14. The SMILES string of the molecule is Cc1ccc(C(=O)CCC(=O)N2CCc3ccccc32)cc1. The molecule has 2 aromatic rings. The van der Waals surface area contributed by atoms with Gasteiger partial charge in [0.15, 0.2) is 5.78 Å². The van der Waals surface area contributed by atoms with E-state index in [4.69, 9.17) is 0 Å². The molecule has 0 saturated heterocycles. The van der Waals surface area contributed by atoms with E-state index >= 15 is 0 Å². The highest BCUT2D eigenvalue weighted by atomic mass is 16.2. The van der Waals surface area contributed by atoms with E-state index in [1.807, 2.05) is 49.4 Å². The van der Waals surface area contributed by atoms with Crippen LogP contribution in [0.25, 0.3) is 0 Å². The summed E-state index contributed by atoms with van der Waals surface area (Å²) in [5.41, 5.74) is 4.01. The number of fused-ring (bicyclic) bond motifs is 1. The Kier molecular flexibility index (Phi) is 4.05. The lowest BCUT2D eigenvalue weighted by Crippen LogP contribution is -2.29. The molecule has 112 valence electrons. The molecule has 22 heavy (non-hydrogen) atoms. The molecule has 0 aliphatic carbocycles. The van der Waals surface area contributed by atoms with Crippen LogP contribution in [0.15, 0.2) is 48.5 Å². The van der Waals surface area contributed by atoms with Crippen molar-refractivity contribution < 1.29 is 9.59 Å². The van der Waals surface area contributed by atoms with Gasteiger partial charge in [-0.2, -0.15) is 0 Å². The second-order valence-electron chi connectivity index (χ2n) is 5.71. The van der Waals surface area contributed by atoms with Crippen molar-refractivity contribution in [2.75, 3.05) is 11.4 Å². The lowest BCUT2D eigenvalue weighted by molar-refractivity contribution is -0.118. The summed E-state index contributed by atoms with van der Waals surface area (Å²) >= 11 is 0. The molecule has 3 nitrogen and oxygen atoms in total. The molecule has 1 heterocycles. The van der Waals surface area contributed by atoms with E-state index in [9.17, 15) is 9.59 Å². The van der Waals surface area contributed by atoms with Crippen molar-refractivity contribution >= 4 is 17.4 Å². The van der Waals surface area contributed by atoms with Crippen LogP contribution in [0.1, 0.15) is 34.3 Å². The van der Waals surface area contributed by atoms with Gasteiger partial charge in [-0.25, -0.2) is 0 Å². The van der Waals surface area contributed by atoms with Crippen molar-refractivity contribution in [3.8, 4) is 0 Å². The molecule has 0 aromatic heterocycles. The zero-order valence-electron chi connectivity index (χ0n) is 12.7. The first kappa shape index (κ1) is 14.5. The molecule has 0 N–H and O–H groups in total. The zero-order chi connectivity index (χ0) is 15.5. The third-order valence-electron chi connectivity index (χ3n) is 4.13. The third kappa shape index (κ3) is 2.93. The highest BCUT2D eigenvalue weighted by molar-refractivity contribution is 6.01. The molecular formula is C19H19NO2. The summed E-state index contributed by atoms with van der Waals surface area (Å²) in [5, 5.41) is 0. The Hall–Kier alpha value is -2.42. The number of carbonyl (C=O) groups excluding carboxylic acids is 2. The minimum atomic E-state index is 0.0285. The van der Waals surface area contributed by atoms with Gasteiger partial charge >= 0.3 is 0 Å². The minimum absolute atomic E-state index is 0.0285. The van der Waals surface area contributed by atoms with Crippen LogP contribution in [0, 0.1) is 6.92 Å². The number of anilines is 1. The van der Waals surface area contributed by atoms with Gasteiger partial charge in [-0.1, -0.05) is 48.0 Å². The Labute approximate surface area is 130 Å². The summed E-state index contributed by atoms with van der Waals surface area (Å²) in [6.45, 7) is 2.71. The van der Waals surface area contributed by atoms with Crippen LogP contribution in [0.4, 0.5) is 5.69 Å². The summed E-state index contributed by atoms with van der Waals surface area (Å²) in [5.74, 6) is 0.0613. The van der Waals surface area contributed by atoms with Gasteiger partial charge in [0.1, 0.15) is 0 Å². The predicted octanol–water partition coefficient (Wildman–Crippen LogP) is 3.55. The minimum Gasteiger partial charge on any atom is -0.312 e. The highest BCUT2D eigenvalue weighted by Gasteiger charge is 2.24. The number of hydrogen-bond acceptors (Lipinski definition) is 2. The van der Waals surface area contributed by atoms with Crippen molar-refractivity contribution in [2.45, 2.75) is 26.2 Å². The van der Waals surface area contributed by atoms with Crippen LogP contribution in [0.3, 0.4) is 0 Å². The summed E-state index contributed by atoms with van der Waals surface area (Å²) in [4.78, 5) is 26.3. The van der Waals surface area contributed by atoms with Gasteiger partial charge in [-0.3, -0.25) is 9.59 Å². The van der Waals surface area contributed by atoms with Crippen LogP contribution >= 0.6 is 0 Å². The van der Waals surface area contributed by atoms with E-state index in [2.05, 4.69) is 6.07 Å². The normalized spacial score (nSPS) is 13.0. The fraction of sp³-hybridized carbons (Fsp3) is 0.263. The lowest BCUT2D eigenvalue weighted by atomic mass is 10.0. The average molecular weight is 293 g/mol. The first-order valence-electron chi connectivity index (χ1n) is 7.63. The van der Waals surface area contributed by atoms with Gasteiger partial charge in [0, 0.05) is 30.6 Å². The van der Waals surface area contributed by atoms with Gasteiger partial charge in [0.2, 0.25) is 5.91 Å². The Morgan fingerprint density at radius 3 is 2.50 bits per heavy atom. The number of Topliss-reactive ketones (excluding diaryl/α,β-unsaturated/α-hetero) is 1. The van der Waals surface area contributed by atoms with Crippen LogP contribution in [0.5, 0.6) is 0 Å². The van der Waals surface area contributed by atoms with Crippen molar-refractivity contribution in [3.63, 3.8) is 0 Å². The Balaban J connectivity index is 1.61. The standard InChI is InChI=1S/C19H19NO2/c1-14-6-8-16(9-7-14)18(21)10-11-19(22)20-13-12-15-4-2-3-5-17(15)20/h2-9H,10-13H2,1H3. The maximum atomic E-state index is 12.4. The lowest BCUT2D eigenvalue weighted by Gasteiger charge is -2.17. The second-order valence-corrected chi connectivity index (χ2v) is 5.71. The van der Waals surface area contributed by atoms with Crippen LogP contribution in [-0.2, 0) is 11.2 Å². The molecule has 0 fully saturated rings. The number of aryl methyl sites for hydroxylation is 1. The molecule has 1 aliphatic heterocycles. The van der Waals surface area contributed by atoms with Crippen molar-refractivity contribution in [2.24, 2.45) is 0 Å². The number of hydrogen-bond donors (Lipinski definition) is 0. The number of nitrogens with zero attached hydrogens (tertiary/aromatic N) is 1. The fourth-order valence-electron chi connectivity index (χ4n) is 2.84.